The Kier molecular flexibility index (Phi) is 11.7. The first-order valence-corrected chi connectivity index (χ1v) is 20.4. The third-order valence-corrected chi connectivity index (χ3v) is 17.6. The highest BCUT2D eigenvalue weighted by Gasteiger charge is 2.30. The van der Waals surface area contributed by atoms with Crippen LogP contribution in [0, 0.1) is 0 Å². The van der Waals surface area contributed by atoms with Crippen LogP contribution in [0.2, 0.25) is 18.6 Å². The standard InChI is InChI=1S/C31H48P2Si/c1-34(26-14-24-32(28-16-6-2-7-17-28)29-18-8-3-9-19-29)27-15-25-33(30-20-10-4-11-21-30)31-22-12-5-13-23-31/h2-3,6-9,16-19,30-31,34H,4-5,10-15,20-27H2,1H3. The lowest BCUT2D eigenvalue weighted by Gasteiger charge is -2.38. The molecule has 0 bridgehead atoms. The molecule has 0 aliphatic heterocycles. The molecule has 2 saturated carbocycles. The van der Waals surface area contributed by atoms with Crippen molar-refractivity contribution in [2.45, 2.75) is 107 Å². The van der Waals surface area contributed by atoms with Crippen LogP contribution in [0.1, 0.15) is 77.0 Å². The molecule has 2 aromatic carbocycles. The van der Waals surface area contributed by atoms with Gasteiger partial charge in [-0.15, -0.1) is 7.92 Å². The van der Waals surface area contributed by atoms with Crippen LogP contribution in [0.15, 0.2) is 60.7 Å². The molecule has 2 aliphatic rings. The molecule has 0 N–H and O–H groups in total. The first-order valence-electron chi connectivity index (χ1n) is 14.4. The van der Waals surface area contributed by atoms with Crippen molar-refractivity contribution in [2.75, 3.05) is 12.3 Å². The van der Waals surface area contributed by atoms with Gasteiger partial charge < -0.3 is 0 Å². The van der Waals surface area contributed by atoms with E-state index in [1.165, 1.54) is 51.1 Å². The van der Waals surface area contributed by atoms with E-state index < -0.39 is 8.80 Å². The summed E-state index contributed by atoms with van der Waals surface area (Å²) >= 11 is 0. The van der Waals surface area contributed by atoms with Gasteiger partial charge >= 0.3 is 0 Å². The zero-order chi connectivity index (χ0) is 23.4. The lowest BCUT2D eigenvalue weighted by Crippen LogP contribution is -2.22. The molecule has 4 rings (SSSR count). The van der Waals surface area contributed by atoms with Gasteiger partial charge in [-0.3, -0.25) is 0 Å². The van der Waals surface area contributed by atoms with Gasteiger partial charge in [0.1, 0.15) is 0 Å². The van der Waals surface area contributed by atoms with Crippen molar-refractivity contribution in [1.82, 2.24) is 0 Å². The summed E-state index contributed by atoms with van der Waals surface area (Å²) in [6, 6.07) is 25.8. The summed E-state index contributed by atoms with van der Waals surface area (Å²) in [7, 11) is -0.455. The Labute approximate surface area is 214 Å². The van der Waals surface area contributed by atoms with Gasteiger partial charge in [-0.2, -0.15) is 0 Å². The van der Waals surface area contributed by atoms with Crippen molar-refractivity contribution < 1.29 is 0 Å². The second kappa shape index (κ2) is 14.9. The third-order valence-electron chi connectivity index (χ3n) is 8.42. The molecule has 0 nitrogen and oxygen atoms in total. The van der Waals surface area contributed by atoms with Crippen molar-refractivity contribution in [3.63, 3.8) is 0 Å². The number of benzene rings is 2. The summed E-state index contributed by atoms with van der Waals surface area (Å²) in [6.07, 6.45) is 21.5. The molecule has 0 heterocycles. The molecule has 34 heavy (non-hydrogen) atoms. The Bertz CT molecular complexity index is 726. The van der Waals surface area contributed by atoms with Crippen LogP contribution in [-0.4, -0.2) is 32.4 Å². The van der Waals surface area contributed by atoms with Crippen molar-refractivity contribution in [3.05, 3.63) is 60.7 Å². The largest absolute Gasteiger partial charge is 0.100 e. The van der Waals surface area contributed by atoms with Gasteiger partial charge in [0, 0.05) is 8.80 Å². The summed E-state index contributed by atoms with van der Waals surface area (Å²) in [5.41, 5.74) is 2.29. The molecule has 0 spiro atoms. The summed E-state index contributed by atoms with van der Waals surface area (Å²) < 4.78 is 0. The molecule has 3 heteroatoms. The fourth-order valence-corrected chi connectivity index (χ4v) is 15.6. The summed E-state index contributed by atoms with van der Waals surface area (Å²) in [5, 5.41) is 3.12. The topological polar surface area (TPSA) is 0 Å². The molecule has 186 valence electrons. The summed E-state index contributed by atoms with van der Waals surface area (Å²) in [4.78, 5) is 0. The summed E-state index contributed by atoms with van der Waals surface area (Å²) in [6.45, 7) is 2.68. The van der Waals surface area contributed by atoms with Crippen LogP contribution < -0.4 is 10.6 Å². The monoisotopic (exact) mass is 510 g/mol. The van der Waals surface area contributed by atoms with Gasteiger partial charge in [0.25, 0.3) is 0 Å². The van der Waals surface area contributed by atoms with Gasteiger partial charge in [0.05, 0.1) is 0 Å². The molecule has 0 aromatic heterocycles. The molecule has 0 saturated heterocycles. The molecule has 2 aliphatic carbocycles. The molecular formula is C31H48P2Si. The highest BCUT2D eigenvalue weighted by atomic mass is 31.1. The van der Waals surface area contributed by atoms with Gasteiger partial charge in [-0.05, 0) is 67.9 Å². The minimum atomic E-state index is -0.572. The molecule has 1 atom stereocenters. The van der Waals surface area contributed by atoms with Crippen molar-refractivity contribution in [1.29, 1.82) is 0 Å². The zero-order valence-corrected chi connectivity index (χ0v) is 24.7. The van der Waals surface area contributed by atoms with Gasteiger partial charge in [-0.25, -0.2) is 0 Å². The number of rotatable bonds is 12. The van der Waals surface area contributed by atoms with E-state index in [1.54, 1.807) is 61.0 Å². The lowest BCUT2D eigenvalue weighted by molar-refractivity contribution is 0.484. The van der Waals surface area contributed by atoms with Gasteiger partial charge in [0.15, 0.2) is 0 Å². The minimum absolute atomic E-state index is 0.197. The lowest BCUT2D eigenvalue weighted by atomic mass is 9.99. The fourth-order valence-electron chi connectivity index (χ4n) is 6.48. The van der Waals surface area contributed by atoms with E-state index in [1.807, 2.05) is 0 Å². The summed E-state index contributed by atoms with van der Waals surface area (Å²) in [5.74, 6) is 0. The predicted molar refractivity (Wildman–Crippen MR) is 161 cm³/mol. The van der Waals surface area contributed by atoms with E-state index in [4.69, 9.17) is 0 Å². The van der Waals surface area contributed by atoms with Crippen molar-refractivity contribution >= 4 is 35.2 Å². The SMILES string of the molecule is C[SiH](CCCP(c1ccccc1)c1ccccc1)CCCP(C1CCCCC1)C1CCCCC1. The van der Waals surface area contributed by atoms with Gasteiger partial charge in [-0.1, -0.05) is 131 Å². The maximum Gasteiger partial charge on any atom is 0.0336 e. The zero-order valence-electron chi connectivity index (χ0n) is 21.7. The Balaban J connectivity index is 1.24. The maximum atomic E-state index is 2.68. The highest BCUT2D eigenvalue weighted by molar-refractivity contribution is 7.73. The van der Waals surface area contributed by atoms with E-state index >= 15 is 0 Å². The van der Waals surface area contributed by atoms with Gasteiger partial charge in [0.2, 0.25) is 0 Å². The van der Waals surface area contributed by atoms with E-state index in [0.29, 0.717) is 7.92 Å². The smallest absolute Gasteiger partial charge is 0.0336 e. The van der Waals surface area contributed by atoms with Crippen LogP contribution in [0.4, 0.5) is 0 Å². The molecule has 1 unspecified atom stereocenters. The van der Waals surface area contributed by atoms with Crippen LogP contribution in [0.25, 0.3) is 0 Å². The van der Waals surface area contributed by atoms with Crippen LogP contribution >= 0.6 is 15.8 Å². The average molecular weight is 511 g/mol. The Hall–Kier alpha value is -0.483. The van der Waals surface area contributed by atoms with E-state index in [2.05, 4.69) is 67.2 Å². The van der Waals surface area contributed by atoms with Crippen molar-refractivity contribution in [2.24, 2.45) is 0 Å². The molecule has 2 aromatic rings. The fraction of sp³-hybridized carbons (Fsp3) is 0.613. The number of hydrogen-bond donors (Lipinski definition) is 0. The normalized spacial score (nSPS) is 19.0. The Morgan fingerprint density at radius 3 is 1.53 bits per heavy atom. The van der Waals surface area contributed by atoms with Crippen molar-refractivity contribution in [3.8, 4) is 0 Å². The van der Waals surface area contributed by atoms with E-state index in [9.17, 15) is 0 Å². The Morgan fingerprint density at radius 1 is 0.618 bits per heavy atom. The highest BCUT2D eigenvalue weighted by Crippen LogP contribution is 2.56. The molecular weight excluding hydrogens is 462 g/mol. The second-order valence-corrected chi connectivity index (χ2v) is 19.7. The molecule has 2 fully saturated rings. The average Bonchev–Trinajstić information content (AvgIpc) is 2.91. The maximum absolute atomic E-state index is 2.68. The van der Waals surface area contributed by atoms with E-state index in [-0.39, 0.29) is 7.92 Å². The first-order chi connectivity index (χ1) is 16.8. The quantitative estimate of drug-likeness (QED) is 0.197. The molecule has 0 radical (unpaired) electrons. The van der Waals surface area contributed by atoms with E-state index in [0.717, 1.165) is 11.3 Å². The first kappa shape index (κ1) is 26.6. The molecule has 0 amide bonds. The van der Waals surface area contributed by atoms with Crippen LogP contribution in [0.5, 0.6) is 0 Å². The van der Waals surface area contributed by atoms with Crippen LogP contribution in [-0.2, 0) is 0 Å². The second-order valence-electron chi connectivity index (χ2n) is 11.0. The third kappa shape index (κ3) is 8.29. The Morgan fingerprint density at radius 2 is 1.06 bits per heavy atom. The number of hydrogen-bond acceptors (Lipinski definition) is 0. The van der Waals surface area contributed by atoms with Crippen LogP contribution in [0.3, 0.4) is 0 Å². The predicted octanol–water partition coefficient (Wildman–Crippen LogP) is 8.90. The minimum Gasteiger partial charge on any atom is -0.100 e.